The number of carboxylic acid groups (broad SMARTS) is 1. The molecule has 0 radical (unpaired) electrons. The van der Waals surface area contributed by atoms with Crippen LogP contribution in [0, 0.1) is 0 Å². The third kappa shape index (κ3) is 3.11. The van der Waals surface area contributed by atoms with Gasteiger partial charge in [0.1, 0.15) is 17.4 Å². The lowest BCUT2D eigenvalue weighted by molar-refractivity contribution is 0.0243. The molecule has 0 spiro atoms. The summed E-state index contributed by atoms with van der Waals surface area (Å²) in [4.78, 5) is 13.2. The van der Waals surface area contributed by atoms with Gasteiger partial charge in [0.25, 0.3) is 0 Å². The molecule has 0 bridgehead atoms. The van der Waals surface area contributed by atoms with E-state index < -0.39 is 23.9 Å². The predicted molar refractivity (Wildman–Crippen MR) is 60.0 cm³/mol. The predicted octanol–water partition coefficient (Wildman–Crippen LogP) is 0.795. The van der Waals surface area contributed by atoms with E-state index in [0.717, 1.165) is 12.1 Å². The number of aromatic hydroxyl groups is 1. The molecule has 18 heavy (non-hydrogen) atoms. The highest BCUT2D eigenvalue weighted by Crippen LogP contribution is 2.24. The van der Waals surface area contributed by atoms with Crippen molar-refractivity contribution in [2.24, 2.45) is 5.11 Å². The van der Waals surface area contributed by atoms with E-state index in [0.29, 0.717) is 0 Å². The zero-order valence-corrected chi connectivity index (χ0v) is 9.13. The Kier molecular flexibility index (Phi) is 4.50. The number of hydrogen-bond donors (Lipinski definition) is 4. The molecule has 0 saturated carbocycles. The Hall–Kier alpha value is -2.28. The van der Waals surface area contributed by atoms with Crippen LogP contribution < -0.4 is 0 Å². The first kappa shape index (κ1) is 13.8. The van der Waals surface area contributed by atoms with Crippen molar-refractivity contribution in [1.29, 1.82) is 0 Å². The maximum Gasteiger partial charge on any atom is 0.339 e. The Bertz CT molecular complexity index is 498. The molecule has 2 unspecified atom stereocenters. The second kappa shape index (κ2) is 5.87. The maximum atomic E-state index is 10.8. The summed E-state index contributed by atoms with van der Waals surface area (Å²) in [5, 5.41) is 40.3. The number of azide groups is 1. The molecular weight excluding hydrogens is 242 g/mol. The van der Waals surface area contributed by atoms with Gasteiger partial charge >= 0.3 is 5.97 Å². The van der Waals surface area contributed by atoms with Crippen LogP contribution in [-0.4, -0.2) is 39.0 Å². The summed E-state index contributed by atoms with van der Waals surface area (Å²) in [5.41, 5.74) is 7.79. The molecule has 96 valence electrons. The van der Waals surface area contributed by atoms with E-state index in [1.54, 1.807) is 0 Å². The zero-order valence-electron chi connectivity index (χ0n) is 9.13. The number of rotatable bonds is 5. The summed E-state index contributed by atoms with van der Waals surface area (Å²) < 4.78 is 0. The number of aliphatic hydroxyl groups is 2. The first-order valence-electron chi connectivity index (χ1n) is 4.90. The van der Waals surface area contributed by atoms with Gasteiger partial charge < -0.3 is 20.4 Å². The summed E-state index contributed by atoms with van der Waals surface area (Å²) in [5.74, 6) is -1.80. The molecule has 0 aliphatic carbocycles. The van der Waals surface area contributed by atoms with Crippen molar-refractivity contribution in [2.45, 2.75) is 12.2 Å². The molecule has 1 aromatic carbocycles. The largest absolute Gasteiger partial charge is 0.507 e. The van der Waals surface area contributed by atoms with Crippen LogP contribution in [-0.2, 0) is 0 Å². The fourth-order valence-electron chi connectivity index (χ4n) is 1.35. The Morgan fingerprint density at radius 3 is 2.67 bits per heavy atom. The van der Waals surface area contributed by atoms with E-state index in [4.69, 9.17) is 10.6 Å². The molecule has 0 fully saturated rings. The number of nitrogens with zero attached hydrogens (tertiary/aromatic N) is 3. The van der Waals surface area contributed by atoms with Crippen LogP contribution in [0.4, 0.5) is 0 Å². The lowest BCUT2D eigenvalue weighted by Crippen LogP contribution is -2.21. The van der Waals surface area contributed by atoms with Crippen molar-refractivity contribution >= 4 is 5.97 Å². The highest BCUT2D eigenvalue weighted by molar-refractivity contribution is 5.90. The van der Waals surface area contributed by atoms with E-state index in [9.17, 15) is 20.1 Å². The fourth-order valence-corrected chi connectivity index (χ4v) is 1.35. The number of aromatic carboxylic acids is 1. The smallest absolute Gasteiger partial charge is 0.339 e. The van der Waals surface area contributed by atoms with E-state index in [1.165, 1.54) is 6.07 Å². The third-order valence-corrected chi connectivity index (χ3v) is 2.29. The van der Waals surface area contributed by atoms with E-state index in [-0.39, 0.29) is 17.7 Å². The molecule has 0 heterocycles. The van der Waals surface area contributed by atoms with Crippen molar-refractivity contribution in [3.8, 4) is 5.75 Å². The number of aliphatic hydroxyl groups excluding tert-OH is 2. The summed E-state index contributed by atoms with van der Waals surface area (Å²) in [6.45, 7) is -0.346. The Morgan fingerprint density at radius 1 is 1.44 bits per heavy atom. The fraction of sp³-hybridized carbons (Fsp3) is 0.300. The first-order chi connectivity index (χ1) is 8.47. The highest BCUT2D eigenvalue weighted by Gasteiger charge is 2.20. The average molecular weight is 253 g/mol. The molecule has 1 rings (SSSR count). The molecule has 0 aliphatic rings. The van der Waals surface area contributed by atoms with Crippen LogP contribution in [0.2, 0.25) is 0 Å². The minimum absolute atomic E-state index is 0.103. The molecule has 0 aliphatic heterocycles. The maximum absolute atomic E-state index is 10.8. The summed E-state index contributed by atoms with van der Waals surface area (Å²) in [6, 6.07) is 3.41. The van der Waals surface area contributed by atoms with Crippen LogP contribution in [0.1, 0.15) is 22.0 Å². The van der Waals surface area contributed by atoms with Gasteiger partial charge in [0.15, 0.2) is 0 Å². The van der Waals surface area contributed by atoms with E-state index >= 15 is 0 Å². The average Bonchev–Trinajstić information content (AvgIpc) is 2.35. The van der Waals surface area contributed by atoms with Crippen molar-refractivity contribution in [1.82, 2.24) is 0 Å². The topological polar surface area (TPSA) is 147 Å². The van der Waals surface area contributed by atoms with Crippen molar-refractivity contribution in [2.75, 3.05) is 6.54 Å². The zero-order chi connectivity index (χ0) is 13.7. The molecular formula is C10H11N3O5. The highest BCUT2D eigenvalue weighted by atomic mass is 16.4. The van der Waals surface area contributed by atoms with Gasteiger partial charge in [0.05, 0.1) is 12.6 Å². The number of phenols is 1. The monoisotopic (exact) mass is 253 g/mol. The van der Waals surface area contributed by atoms with Crippen LogP contribution >= 0.6 is 0 Å². The van der Waals surface area contributed by atoms with Gasteiger partial charge in [-0.2, -0.15) is 0 Å². The summed E-state index contributed by atoms with van der Waals surface area (Å²) in [7, 11) is 0. The van der Waals surface area contributed by atoms with Gasteiger partial charge in [-0.1, -0.05) is 11.2 Å². The Labute approximate surface area is 101 Å². The lowest BCUT2D eigenvalue weighted by Gasteiger charge is -2.16. The Morgan fingerprint density at radius 2 is 2.11 bits per heavy atom. The van der Waals surface area contributed by atoms with Gasteiger partial charge in [0, 0.05) is 4.91 Å². The number of hydrogen-bond acceptors (Lipinski definition) is 5. The van der Waals surface area contributed by atoms with Crippen LogP contribution in [0.3, 0.4) is 0 Å². The van der Waals surface area contributed by atoms with Crippen molar-refractivity contribution in [3.63, 3.8) is 0 Å². The van der Waals surface area contributed by atoms with Crippen molar-refractivity contribution < 1.29 is 25.2 Å². The van der Waals surface area contributed by atoms with Gasteiger partial charge in [-0.25, -0.2) is 4.79 Å². The minimum atomic E-state index is -1.41. The quantitative estimate of drug-likeness (QED) is 0.348. The Balaban J connectivity index is 2.99. The molecule has 8 nitrogen and oxygen atoms in total. The van der Waals surface area contributed by atoms with Gasteiger partial charge in [0.2, 0.25) is 0 Å². The summed E-state index contributed by atoms with van der Waals surface area (Å²) in [6.07, 6.45) is -2.76. The molecule has 1 aromatic rings. The number of carbonyl (C=O) groups is 1. The van der Waals surface area contributed by atoms with Crippen molar-refractivity contribution in [3.05, 3.63) is 39.8 Å². The standard InChI is InChI=1S/C10H11N3O5/c11-13-12-4-8(15)9(16)5-1-2-7(14)6(3-5)10(17)18/h1-3,8-9,14-16H,4H2,(H,17,18). The molecule has 0 aromatic heterocycles. The van der Waals surface area contributed by atoms with Gasteiger partial charge in [-0.3, -0.25) is 0 Å². The SMILES string of the molecule is [N-]=[N+]=NCC(O)C(O)c1ccc(O)c(C(=O)O)c1. The third-order valence-electron chi connectivity index (χ3n) is 2.29. The van der Waals surface area contributed by atoms with Crippen LogP contribution in [0.15, 0.2) is 23.3 Å². The van der Waals surface area contributed by atoms with E-state index in [2.05, 4.69) is 10.0 Å². The molecule has 2 atom stereocenters. The van der Waals surface area contributed by atoms with Gasteiger partial charge in [-0.15, -0.1) is 0 Å². The first-order valence-corrected chi connectivity index (χ1v) is 4.90. The molecule has 0 saturated heterocycles. The van der Waals surface area contributed by atoms with Crippen LogP contribution in [0.5, 0.6) is 5.75 Å². The normalized spacial score (nSPS) is 13.4. The summed E-state index contributed by atoms with van der Waals surface area (Å²) >= 11 is 0. The number of benzene rings is 1. The molecule has 8 heteroatoms. The minimum Gasteiger partial charge on any atom is -0.507 e. The lowest BCUT2D eigenvalue weighted by atomic mass is 10.0. The molecule has 4 N–H and O–H groups in total. The van der Waals surface area contributed by atoms with E-state index in [1.807, 2.05) is 0 Å². The second-order valence-electron chi connectivity index (χ2n) is 3.51. The van der Waals surface area contributed by atoms with Gasteiger partial charge in [-0.05, 0) is 23.2 Å². The number of carboxylic acids is 1. The van der Waals surface area contributed by atoms with Crippen LogP contribution in [0.25, 0.3) is 10.4 Å². The second-order valence-corrected chi connectivity index (χ2v) is 3.51. The molecule has 0 amide bonds.